The third kappa shape index (κ3) is 7.60. The molecule has 10 heteroatoms. The quantitative estimate of drug-likeness (QED) is 0.273. The van der Waals surface area contributed by atoms with E-state index in [9.17, 15) is 24.3 Å². The molecule has 2 rings (SSSR count). The lowest BCUT2D eigenvalue weighted by atomic mass is 10.0. The minimum absolute atomic E-state index is 0.0587. The average Bonchev–Trinajstić information content (AvgIpc) is 3.15. The molecule has 180 valence electrons. The van der Waals surface area contributed by atoms with Crippen LogP contribution in [0.2, 0.25) is 0 Å². The Balaban J connectivity index is 2.12. The van der Waals surface area contributed by atoms with Gasteiger partial charge in [0.2, 0.25) is 17.7 Å². The van der Waals surface area contributed by atoms with E-state index >= 15 is 0 Å². The Labute approximate surface area is 192 Å². The fraction of sp³-hybridized carbons (Fsp3) is 0.478. The van der Waals surface area contributed by atoms with Gasteiger partial charge in [0, 0.05) is 36.5 Å². The van der Waals surface area contributed by atoms with Crippen molar-refractivity contribution in [2.45, 2.75) is 58.2 Å². The largest absolute Gasteiger partial charge is 0.480 e. The van der Waals surface area contributed by atoms with Gasteiger partial charge in [0.05, 0.1) is 0 Å². The topological polar surface area (TPSA) is 166 Å². The predicted octanol–water partition coefficient (Wildman–Crippen LogP) is 0.664. The van der Waals surface area contributed by atoms with E-state index < -0.39 is 35.9 Å². The molecule has 33 heavy (non-hydrogen) atoms. The molecule has 10 nitrogen and oxygen atoms in total. The second kappa shape index (κ2) is 12.0. The molecule has 0 unspecified atom stereocenters. The Morgan fingerprint density at radius 3 is 2.33 bits per heavy atom. The van der Waals surface area contributed by atoms with E-state index in [4.69, 9.17) is 5.73 Å². The number of fused-ring (bicyclic) bond motifs is 1. The highest BCUT2D eigenvalue weighted by atomic mass is 16.4. The highest BCUT2D eigenvalue weighted by Gasteiger charge is 2.28. The Hall–Kier alpha value is -3.40. The van der Waals surface area contributed by atoms with Gasteiger partial charge in [0.25, 0.3) is 0 Å². The van der Waals surface area contributed by atoms with Gasteiger partial charge in [-0.15, -0.1) is 0 Å². The Kier molecular flexibility index (Phi) is 9.41. The zero-order valence-electron chi connectivity index (χ0n) is 19.2. The van der Waals surface area contributed by atoms with E-state index in [0.29, 0.717) is 0 Å². The third-order valence-electron chi connectivity index (χ3n) is 5.20. The number of aromatic amines is 1. The number of carbonyl (C=O) groups excluding carboxylic acids is 3. The monoisotopic (exact) mass is 459 g/mol. The van der Waals surface area contributed by atoms with Gasteiger partial charge in [-0.25, -0.2) is 4.79 Å². The van der Waals surface area contributed by atoms with Gasteiger partial charge in [-0.2, -0.15) is 0 Å². The van der Waals surface area contributed by atoms with Gasteiger partial charge in [-0.3, -0.25) is 14.4 Å². The van der Waals surface area contributed by atoms with Crippen molar-refractivity contribution < 1.29 is 24.3 Å². The van der Waals surface area contributed by atoms with E-state index in [-0.39, 0.29) is 37.6 Å². The molecule has 7 N–H and O–H groups in total. The molecule has 0 fully saturated rings. The number of carboxylic acid groups (broad SMARTS) is 1. The standard InChI is InChI=1S/C23H33N5O5/c1-13(2)10-19(23(32)33)28-21(30)14(3)26-22(31)18(27-20(29)8-9-24)11-15-12-25-17-7-5-4-6-16(15)17/h4-7,12-14,18-19,25H,8-11,24H2,1-3H3,(H,26,31)(H,27,29)(H,28,30)(H,32,33)/t14-,18-,19-/m0/s1. The summed E-state index contributed by atoms with van der Waals surface area (Å²) < 4.78 is 0. The maximum Gasteiger partial charge on any atom is 0.326 e. The molecule has 0 aliphatic rings. The summed E-state index contributed by atoms with van der Waals surface area (Å²) in [5, 5.41) is 18.0. The number of carboxylic acids is 1. The van der Waals surface area contributed by atoms with Crippen LogP contribution >= 0.6 is 0 Å². The van der Waals surface area contributed by atoms with Crippen molar-refractivity contribution in [1.82, 2.24) is 20.9 Å². The fourth-order valence-electron chi connectivity index (χ4n) is 3.50. The van der Waals surface area contributed by atoms with Crippen molar-refractivity contribution in [3.05, 3.63) is 36.0 Å². The normalized spacial score (nSPS) is 13.8. The van der Waals surface area contributed by atoms with Crippen LogP contribution in [0.3, 0.4) is 0 Å². The molecule has 3 amide bonds. The van der Waals surface area contributed by atoms with Crippen LogP contribution in [0.15, 0.2) is 30.5 Å². The molecule has 0 saturated heterocycles. The van der Waals surface area contributed by atoms with Gasteiger partial charge in [-0.1, -0.05) is 32.0 Å². The first-order valence-corrected chi connectivity index (χ1v) is 11.0. The number of rotatable bonds is 12. The number of benzene rings is 1. The van der Waals surface area contributed by atoms with E-state index in [1.807, 2.05) is 38.1 Å². The third-order valence-corrected chi connectivity index (χ3v) is 5.20. The molecule has 0 aliphatic carbocycles. The molecule has 0 aliphatic heterocycles. The molecule has 0 spiro atoms. The molecule has 0 radical (unpaired) electrons. The second-order valence-corrected chi connectivity index (χ2v) is 8.48. The first kappa shape index (κ1) is 25.9. The summed E-state index contributed by atoms with van der Waals surface area (Å²) in [6, 6.07) is 4.60. The molecule has 1 heterocycles. The van der Waals surface area contributed by atoms with E-state index in [0.717, 1.165) is 16.5 Å². The number of carbonyl (C=O) groups is 4. The zero-order chi connectivity index (χ0) is 24.5. The van der Waals surface area contributed by atoms with Crippen molar-refractivity contribution in [1.29, 1.82) is 0 Å². The lowest BCUT2D eigenvalue weighted by molar-refractivity contribution is -0.142. The molecule has 2 aromatic rings. The van der Waals surface area contributed by atoms with E-state index in [1.165, 1.54) is 6.92 Å². The molecule has 3 atom stereocenters. The van der Waals surface area contributed by atoms with Gasteiger partial charge >= 0.3 is 5.97 Å². The fourth-order valence-corrected chi connectivity index (χ4v) is 3.50. The molecule has 1 aromatic carbocycles. The van der Waals surface area contributed by atoms with Crippen LogP contribution in [0.1, 0.15) is 39.2 Å². The summed E-state index contributed by atoms with van der Waals surface area (Å²) in [4.78, 5) is 52.2. The molecule has 0 bridgehead atoms. The van der Waals surface area contributed by atoms with Crippen molar-refractivity contribution in [3.8, 4) is 0 Å². The maximum atomic E-state index is 13.0. The van der Waals surface area contributed by atoms with Crippen LogP contribution in [0.25, 0.3) is 10.9 Å². The van der Waals surface area contributed by atoms with Gasteiger partial charge in [0.15, 0.2) is 0 Å². The van der Waals surface area contributed by atoms with Crippen LogP contribution in [-0.2, 0) is 25.6 Å². The number of nitrogens with one attached hydrogen (secondary N) is 4. The zero-order valence-corrected chi connectivity index (χ0v) is 19.2. The number of hydrogen-bond donors (Lipinski definition) is 6. The Bertz CT molecular complexity index is 987. The van der Waals surface area contributed by atoms with Crippen LogP contribution in [0.5, 0.6) is 0 Å². The SMILES string of the molecule is CC(C)C[C@H](NC(=O)[C@H](C)NC(=O)[C@H](Cc1c[nH]c2ccccc12)NC(=O)CCN)C(=O)O. The molecular formula is C23H33N5O5. The van der Waals surface area contributed by atoms with Crippen LogP contribution in [-0.4, -0.2) is 58.5 Å². The molecule has 1 aromatic heterocycles. The van der Waals surface area contributed by atoms with Crippen LogP contribution < -0.4 is 21.7 Å². The number of amides is 3. The molecular weight excluding hydrogens is 426 g/mol. The number of hydrogen-bond acceptors (Lipinski definition) is 5. The number of nitrogens with two attached hydrogens (primary N) is 1. The molecule has 0 saturated carbocycles. The maximum absolute atomic E-state index is 13.0. The summed E-state index contributed by atoms with van der Waals surface area (Å²) in [5.74, 6) is -2.62. The first-order chi connectivity index (χ1) is 15.6. The van der Waals surface area contributed by atoms with E-state index in [2.05, 4.69) is 20.9 Å². The summed E-state index contributed by atoms with van der Waals surface area (Å²) in [7, 11) is 0. The van der Waals surface area contributed by atoms with Crippen molar-refractivity contribution in [2.75, 3.05) is 6.54 Å². The summed E-state index contributed by atoms with van der Waals surface area (Å²) >= 11 is 0. The second-order valence-electron chi connectivity index (χ2n) is 8.48. The Morgan fingerprint density at radius 1 is 1.00 bits per heavy atom. The van der Waals surface area contributed by atoms with Gasteiger partial charge in [-0.05, 0) is 30.9 Å². The van der Waals surface area contributed by atoms with Gasteiger partial charge in [0.1, 0.15) is 18.1 Å². The smallest absolute Gasteiger partial charge is 0.326 e. The minimum Gasteiger partial charge on any atom is -0.480 e. The minimum atomic E-state index is -1.14. The number of aromatic nitrogens is 1. The van der Waals surface area contributed by atoms with Crippen LogP contribution in [0, 0.1) is 5.92 Å². The number of para-hydroxylation sites is 1. The summed E-state index contributed by atoms with van der Waals surface area (Å²) in [6.45, 7) is 5.31. The predicted molar refractivity (Wildman–Crippen MR) is 124 cm³/mol. The first-order valence-electron chi connectivity index (χ1n) is 11.0. The summed E-state index contributed by atoms with van der Waals surface area (Å²) in [6.07, 6.45) is 2.30. The Morgan fingerprint density at radius 2 is 1.70 bits per heavy atom. The van der Waals surface area contributed by atoms with Crippen molar-refractivity contribution in [3.63, 3.8) is 0 Å². The van der Waals surface area contributed by atoms with Crippen molar-refractivity contribution >= 4 is 34.6 Å². The lowest BCUT2D eigenvalue weighted by Gasteiger charge is -2.23. The van der Waals surface area contributed by atoms with Gasteiger partial charge < -0.3 is 31.8 Å². The number of aliphatic carboxylic acids is 1. The highest BCUT2D eigenvalue weighted by molar-refractivity contribution is 5.94. The summed E-state index contributed by atoms with van der Waals surface area (Å²) in [5.41, 5.74) is 7.18. The van der Waals surface area contributed by atoms with Crippen LogP contribution in [0.4, 0.5) is 0 Å². The lowest BCUT2D eigenvalue weighted by Crippen LogP contribution is -2.55. The number of H-pyrrole nitrogens is 1. The van der Waals surface area contributed by atoms with Crippen molar-refractivity contribution in [2.24, 2.45) is 11.7 Å². The average molecular weight is 460 g/mol. The highest BCUT2D eigenvalue weighted by Crippen LogP contribution is 2.19. The van der Waals surface area contributed by atoms with E-state index in [1.54, 1.807) is 6.20 Å².